The van der Waals surface area contributed by atoms with Gasteiger partial charge in [-0.1, -0.05) is 63.8 Å². The second kappa shape index (κ2) is 17.9. The minimum Gasteiger partial charge on any atom is -0.491 e. The number of aliphatic carboxylic acids is 2. The number of amides is 2. The van der Waals surface area contributed by atoms with Gasteiger partial charge in [-0.15, -0.1) is 0 Å². The summed E-state index contributed by atoms with van der Waals surface area (Å²) in [6.45, 7) is 4.26. The third-order valence-corrected chi connectivity index (χ3v) is 11.1. The Morgan fingerprint density at radius 3 is 1.48 bits per heavy atom. The Kier molecular flexibility index (Phi) is 14.1. The Morgan fingerprint density at radius 2 is 1.06 bits per heavy atom. The van der Waals surface area contributed by atoms with Gasteiger partial charge in [0, 0.05) is 5.41 Å². The molecule has 0 spiro atoms. The molecule has 2 aromatic rings. The first-order valence-electron chi connectivity index (χ1n) is 18.9. The molecular weight excluding hydrogens is 696 g/mol. The number of benzene rings is 2. The van der Waals surface area contributed by atoms with Crippen molar-refractivity contribution in [3.8, 4) is 11.5 Å². The Labute approximate surface area is 318 Å². The molecule has 2 saturated carbocycles. The van der Waals surface area contributed by atoms with Crippen LogP contribution in [0.2, 0.25) is 0 Å². The van der Waals surface area contributed by atoms with E-state index >= 15 is 0 Å². The Balaban J connectivity index is 1.25. The predicted molar refractivity (Wildman–Crippen MR) is 200 cm³/mol. The molecule has 14 nitrogen and oxygen atoms in total. The van der Waals surface area contributed by atoms with Crippen molar-refractivity contribution in [2.45, 2.75) is 83.0 Å². The smallest absolute Gasteiger partial charge is 0.307 e. The maximum Gasteiger partial charge on any atom is 0.307 e. The van der Waals surface area contributed by atoms with Crippen LogP contribution < -0.4 is 20.3 Å². The highest BCUT2D eigenvalue weighted by atomic mass is 16.5. The molecule has 2 aliphatic carbocycles. The van der Waals surface area contributed by atoms with Crippen LogP contribution in [-0.4, -0.2) is 114 Å². The highest BCUT2D eigenvalue weighted by Crippen LogP contribution is 2.34. The normalized spacial score (nSPS) is 22.0. The quantitative estimate of drug-likeness (QED) is 0.0792. The molecule has 0 heterocycles. The summed E-state index contributed by atoms with van der Waals surface area (Å²) in [6.07, 6.45) is 3.19. The van der Waals surface area contributed by atoms with Gasteiger partial charge in [0.15, 0.2) is 6.61 Å². The summed E-state index contributed by atoms with van der Waals surface area (Å²) in [5.74, 6) is -4.13. The molecule has 54 heavy (non-hydrogen) atoms. The molecule has 2 fully saturated rings. The van der Waals surface area contributed by atoms with Gasteiger partial charge in [-0.2, -0.15) is 10.0 Å². The molecule has 2 aromatic carbocycles. The van der Waals surface area contributed by atoms with Crippen molar-refractivity contribution >= 4 is 23.8 Å². The molecule has 0 aliphatic heterocycles. The van der Waals surface area contributed by atoms with Crippen molar-refractivity contribution in [3.05, 3.63) is 59.7 Å². The molecule has 6 atom stereocenters. The summed E-state index contributed by atoms with van der Waals surface area (Å²) in [5.41, 5.74) is 7.35. The Morgan fingerprint density at radius 1 is 0.667 bits per heavy atom. The number of aliphatic hydroxyl groups is 2. The topological polar surface area (TPSA) is 192 Å². The zero-order valence-electron chi connectivity index (χ0n) is 32.5. The van der Waals surface area contributed by atoms with Crippen LogP contribution in [0.25, 0.3) is 0 Å². The van der Waals surface area contributed by atoms with E-state index in [1.165, 1.54) is 0 Å². The number of ether oxygens (including phenoxy) is 2. The average Bonchev–Trinajstić information content (AvgIpc) is 3.12. The molecule has 0 bridgehead atoms. The number of carbonyl (C=O) groups excluding carboxylic acids is 2. The lowest BCUT2D eigenvalue weighted by Gasteiger charge is -2.36. The molecule has 0 aromatic heterocycles. The average molecular weight is 757 g/mol. The fourth-order valence-electron chi connectivity index (χ4n) is 7.58. The summed E-state index contributed by atoms with van der Waals surface area (Å²) in [6, 6.07) is 15.2. The van der Waals surface area contributed by atoms with E-state index in [0.717, 1.165) is 36.8 Å². The zero-order valence-corrected chi connectivity index (χ0v) is 32.5. The molecule has 2 amide bonds. The van der Waals surface area contributed by atoms with E-state index < -0.39 is 47.9 Å². The van der Waals surface area contributed by atoms with Gasteiger partial charge in [0.25, 0.3) is 11.8 Å². The molecule has 6 unspecified atom stereocenters. The molecular formula is C40H60N4O10+2. The molecule has 2 aliphatic rings. The van der Waals surface area contributed by atoms with Crippen molar-refractivity contribution < 1.29 is 58.3 Å². The molecule has 0 saturated heterocycles. The van der Waals surface area contributed by atoms with Crippen LogP contribution in [0.15, 0.2) is 48.5 Å². The summed E-state index contributed by atoms with van der Waals surface area (Å²) < 4.78 is 11.4. The van der Waals surface area contributed by atoms with E-state index in [0.29, 0.717) is 37.2 Å². The second-order valence-electron chi connectivity index (χ2n) is 16.5. The summed E-state index contributed by atoms with van der Waals surface area (Å²) in [5, 5.41) is 40.7. The highest BCUT2D eigenvalue weighted by molar-refractivity contribution is 5.84. The van der Waals surface area contributed by atoms with Crippen molar-refractivity contribution in [2.75, 3.05) is 47.9 Å². The fourth-order valence-corrected chi connectivity index (χ4v) is 7.58. The lowest BCUT2D eigenvalue weighted by molar-refractivity contribution is -0.969. The van der Waals surface area contributed by atoms with Crippen molar-refractivity contribution in [1.82, 2.24) is 10.9 Å². The number of rotatable bonds is 17. The molecule has 4 rings (SSSR count). The van der Waals surface area contributed by atoms with Crippen LogP contribution in [0.3, 0.4) is 0 Å². The van der Waals surface area contributed by atoms with Crippen LogP contribution in [-0.2, 0) is 24.6 Å². The van der Waals surface area contributed by atoms with Gasteiger partial charge in [0.1, 0.15) is 30.8 Å². The summed E-state index contributed by atoms with van der Waals surface area (Å²) >= 11 is 0. The van der Waals surface area contributed by atoms with Gasteiger partial charge in [-0.25, -0.2) is 10.0 Å². The Hall–Kier alpha value is -4.24. The van der Waals surface area contributed by atoms with E-state index in [4.69, 9.17) is 9.47 Å². The van der Waals surface area contributed by atoms with Gasteiger partial charge in [0.2, 0.25) is 6.23 Å². The number of quaternary nitrogens is 2. The molecule has 14 heteroatoms. The largest absolute Gasteiger partial charge is 0.491 e. The maximum absolute atomic E-state index is 13.0. The third kappa shape index (κ3) is 11.2. The van der Waals surface area contributed by atoms with Gasteiger partial charge >= 0.3 is 11.9 Å². The number of likely N-dealkylation sites (N-methyl/N-ethyl adjacent to an activating group) is 2. The minimum atomic E-state index is -1.11. The Bertz CT molecular complexity index is 1590. The van der Waals surface area contributed by atoms with Crippen molar-refractivity contribution in [1.29, 1.82) is 0 Å². The number of aliphatic hydroxyl groups excluding tert-OH is 2. The second-order valence-corrected chi connectivity index (χ2v) is 16.5. The van der Waals surface area contributed by atoms with Crippen LogP contribution in [0, 0.1) is 23.7 Å². The van der Waals surface area contributed by atoms with Gasteiger partial charge in [0.05, 0.1) is 51.9 Å². The van der Waals surface area contributed by atoms with E-state index in [2.05, 4.69) is 24.7 Å². The van der Waals surface area contributed by atoms with Gasteiger partial charge in [-0.3, -0.25) is 19.2 Å². The lowest BCUT2D eigenvalue weighted by Crippen LogP contribution is -2.63. The van der Waals surface area contributed by atoms with Crippen LogP contribution in [0.1, 0.15) is 76.3 Å². The first-order valence-corrected chi connectivity index (χ1v) is 18.9. The SMILES string of the molecule is CC(C)(c1ccc(OCC(O)C[N+](C)(C)NC(=O)C2CCCCC2C(=O)O)cc1)c1ccc(OCC(O)[N+](C)(C)NC(=O)C2CCCCC2C(=O)O)cc1. The molecule has 6 N–H and O–H groups in total. The number of carboxylic acid groups (broad SMARTS) is 2. The monoisotopic (exact) mass is 756 g/mol. The molecule has 298 valence electrons. The van der Waals surface area contributed by atoms with E-state index in [1.807, 2.05) is 48.5 Å². The summed E-state index contributed by atoms with van der Waals surface area (Å²) in [4.78, 5) is 49.3. The number of carbonyl (C=O) groups is 4. The lowest BCUT2D eigenvalue weighted by atomic mass is 9.78. The maximum atomic E-state index is 13.0. The standard InChI is InChI=1S/C40H58N4O10/c1-40(2,27-17-21-30(22-18-27)54-25-35(46)44(5,6)42-37(48)32-12-8-10-14-34(32)39(51)52)26-15-19-29(20-16-26)53-24-28(45)23-43(3,4)41-36(47)31-11-7-9-13-33(31)38(49)50/h15-22,28,31-35,45-46H,7-14,23-25H2,1-6H3,(H2-2,41,42,47,48,49,50,51,52)/p+2. The van der Waals surface area contributed by atoms with Crippen LogP contribution in [0.4, 0.5) is 0 Å². The minimum absolute atomic E-state index is 0.00572. The number of nitrogens with zero attached hydrogens (tertiary/aromatic N) is 2. The van der Waals surface area contributed by atoms with Gasteiger partial charge in [-0.05, 0) is 61.1 Å². The number of carboxylic acids is 2. The number of hydrogen-bond donors (Lipinski definition) is 6. The molecule has 0 radical (unpaired) electrons. The highest BCUT2D eigenvalue weighted by Gasteiger charge is 2.40. The van der Waals surface area contributed by atoms with Gasteiger partial charge < -0.3 is 29.9 Å². The fraction of sp³-hybridized carbons (Fsp3) is 0.600. The van der Waals surface area contributed by atoms with E-state index in [-0.39, 0.29) is 46.2 Å². The number of nitrogens with one attached hydrogen (secondary N) is 2. The van der Waals surface area contributed by atoms with E-state index in [9.17, 15) is 39.6 Å². The third-order valence-electron chi connectivity index (χ3n) is 11.1. The van der Waals surface area contributed by atoms with Crippen LogP contribution >= 0.6 is 0 Å². The number of hydrogen-bond acceptors (Lipinski definition) is 8. The predicted octanol–water partition coefficient (Wildman–Crippen LogP) is 3.45. The van der Waals surface area contributed by atoms with E-state index in [1.54, 1.807) is 28.2 Å². The van der Waals surface area contributed by atoms with Crippen molar-refractivity contribution in [3.63, 3.8) is 0 Å². The van der Waals surface area contributed by atoms with Crippen LogP contribution in [0.5, 0.6) is 11.5 Å². The first-order chi connectivity index (χ1) is 25.3. The first kappa shape index (κ1) is 42.5. The summed E-state index contributed by atoms with van der Waals surface area (Å²) in [7, 11) is 6.77. The van der Waals surface area contributed by atoms with Crippen molar-refractivity contribution in [2.24, 2.45) is 23.7 Å². The zero-order chi connectivity index (χ0) is 39.8.